The molecule has 1 fully saturated rings. The maximum absolute atomic E-state index is 12.2. The summed E-state index contributed by atoms with van der Waals surface area (Å²) in [5, 5.41) is 13.3. The highest BCUT2D eigenvalue weighted by Crippen LogP contribution is 2.26. The second kappa shape index (κ2) is 9.08. The van der Waals surface area contributed by atoms with Crippen molar-refractivity contribution in [3.8, 4) is 0 Å². The molecule has 0 aliphatic carbocycles. The fourth-order valence-electron chi connectivity index (χ4n) is 2.83. The number of amides is 1. The van der Waals surface area contributed by atoms with E-state index in [-0.39, 0.29) is 30.6 Å². The van der Waals surface area contributed by atoms with Gasteiger partial charge in [-0.05, 0) is 25.0 Å². The Labute approximate surface area is 154 Å². The SMILES string of the molecule is COC(=O)C1CC(CNC(=O)c2ccc([N+](=O)[O-])cc2)OC(C(=O)OC)C1. The Morgan fingerprint density at radius 1 is 1.15 bits per heavy atom. The fourth-order valence-corrected chi connectivity index (χ4v) is 2.83. The van der Waals surface area contributed by atoms with Crippen LogP contribution in [0, 0.1) is 16.0 Å². The van der Waals surface area contributed by atoms with Crippen LogP contribution in [0.5, 0.6) is 0 Å². The van der Waals surface area contributed by atoms with Gasteiger partial charge in [0, 0.05) is 24.2 Å². The maximum atomic E-state index is 12.2. The molecule has 3 atom stereocenters. The van der Waals surface area contributed by atoms with E-state index >= 15 is 0 Å². The number of hydrogen-bond acceptors (Lipinski definition) is 8. The molecule has 2 rings (SSSR count). The van der Waals surface area contributed by atoms with E-state index in [1.165, 1.54) is 38.5 Å². The molecule has 1 saturated heterocycles. The number of benzene rings is 1. The van der Waals surface area contributed by atoms with E-state index in [9.17, 15) is 24.5 Å². The molecular formula is C17H20N2O8. The highest BCUT2D eigenvalue weighted by molar-refractivity contribution is 5.94. The summed E-state index contributed by atoms with van der Waals surface area (Å²) in [4.78, 5) is 45.9. The van der Waals surface area contributed by atoms with E-state index in [0.717, 1.165) is 0 Å². The zero-order valence-electron chi connectivity index (χ0n) is 14.9. The predicted octanol–water partition coefficient (Wildman–Crippen LogP) is 0.834. The van der Waals surface area contributed by atoms with Crippen LogP contribution in [-0.4, -0.2) is 55.7 Å². The summed E-state index contributed by atoms with van der Waals surface area (Å²) < 4.78 is 15.0. The third kappa shape index (κ3) is 5.23. The lowest BCUT2D eigenvalue weighted by Crippen LogP contribution is -2.45. The number of ether oxygens (including phenoxy) is 3. The summed E-state index contributed by atoms with van der Waals surface area (Å²) in [6.45, 7) is 0.0524. The minimum Gasteiger partial charge on any atom is -0.469 e. The Morgan fingerprint density at radius 3 is 2.33 bits per heavy atom. The molecule has 3 unspecified atom stereocenters. The number of carbonyl (C=O) groups excluding carboxylic acids is 3. The monoisotopic (exact) mass is 380 g/mol. The van der Waals surface area contributed by atoms with Crippen LogP contribution < -0.4 is 5.32 Å². The maximum Gasteiger partial charge on any atom is 0.335 e. The standard InChI is InChI=1S/C17H20N2O8/c1-25-16(21)11-7-13(27-14(8-11)17(22)26-2)9-18-15(20)10-3-5-12(6-4-10)19(23)24/h3-6,11,13-14H,7-9H2,1-2H3,(H,18,20). The van der Waals surface area contributed by atoms with Gasteiger partial charge in [-0.25, -0.2) is 4.79 Å². The lowest BCUT2D eigenvalue weighted by molar-refractivity contribution is -0.384. The molecule has 0 bridgehead atoms. The number of nitro benzene ring substituents is 1. The Balaban J connectivity index is 1.99. The molecule has 10 nitrogen and oxygen atoms in total. The van der Waals surface area contributed by atoms with Crippen molar-refractivity contribution in [3.63, 3.8) is 0 Å². The molecular weight excluding hydrogens is 360 g/mol. The smallest absolute Gasteiger partial charge is 0.335 e. The van der Waals surface area contributed by atoms with Crippen molar-refractivity contribution >= 4 is 23.5 Å². The highest BCUT2D eigenvalue weighted by atomic mass is 16.6. The molecule has 0 aromatic heterocycles. The van der Waals surface area contributed by atoms with E-state index in [4.69, 9.17) is 9.47 Å². The average Bonchev–Trinajstić information content (AvgIpc) is 2.70. The third-order valence-electron chi connectivity index (χ3n) is 4.23. The van der Waals surface area contributed by atoms with E-state index in [1.807, 2.05) is 0 Å². The van der Waals surface area contributed by atoms with Gasteiger partial charge >= 0.3 is 11.9 Å². The highest BCUT2D eigenvalue weighted by Gasteiger charge is 2.38. The van der Waals surface area contributed by atoms with Gasteiger partial charge in [0.25, 0.3) is 11.6 Å². The average molecular weight is 380 g/mol. The third-order valence-corrected chi connectivity index (χ3v) is 4.23. The summed E-state index contributed by atoms with van der Waals surface area (Å²) in [5.74, 6) is -2.06. The fraction of sp³-hybridized carbons (Fsp3) is 0.471. The van der Waals surface area contributed by atoms with Crippen LogP contribution in [0.3, 0.4) is 0 Å². The Kier molecular flexibility index (Phi) is 6.83. The number of nitro groups is 1. The van der Waals surface area contributed by atoms with Gasteiger partial charge in [0.15, 0.2) is 6.10 Å². The van der Waals surface area contributed by atoms with Crippen molar-refractivity contribution in [3.05, 3.63) is 39.9 Å². The number of rotatable bonds is 6. The molecule has 0 spiro atoms. The van der Waals surface area contributed by atoms with Gasteiger partial charge < -0.3 is 19.5 Å². The first-order valence-corrected chi connectivity index (χ1v) is 8.19. The second-order valence-electron chi connectivity index (χ2n) is 5.98. The number of non-ortho nitro benzene ring substituents is 1. The Morgan fingerprint density at radius 2 is 1.78 bits per heavy atom. The summed E-state index contributed by atoms with van der Waals surface area (Å²) >= 11 is 0. The van der Waals surface area contributed by atoms with Gasteiger partial charge in [0.1, 0.15) is 0 Å². The zero-order chi connectivity index (χ0) is 20.0. The second-order valence-corrected chi connectivity index (χ2v) is 5.98. The molecule has 10 heteroatoms. The molecule has 1 aliphatic rings. The number of esters is 2. The van der Waals surface area contributed by atoms with Gasteiger partial charge in [-0.15, -0.1) is 0 Å². The van der Waals surface area contributed by atoms with Crippen LogP contribution in [0.4, 0.5) is 5.69 Å². The number of hydrogen-bond donors (Lipinski definition) is 1. The van der Waals surface area contributed by atoms with Crippen LogP contribution in [0.2, 0.25) is 0 Å². The lowest BCUT2D eigenvalue weighted by Gasteiger charge is -2.32. The number of methoxy groups -OCH3 is 2. The Bertz CT molecular complexity index is 694. The molecule has 1 amide bonds. The molecule has 0 saturated carbocycles. The molecule has 1 N–H and O–H groups in total. The van der Waals surface area contributed by atoms with Crippen molar-refractivity contribution < 1.29 is 33.5 Å². The minimum absolute atomic E-state index is 0.0524. The summed E-state index contributed by atoms with van der Waals surface area (Å²) in [6.07, 6.45) is -1.09. The van der Waals surface area contributed by atoms with Crippen LogP contribution in [0.25, 0.3) is 0 Å². The van der Waals surface area contributed by atoms with Crippen LogP contribution >= 0.6 is 0 Å². The quantitative estimate of drug-likeness (QED) is 0.436. The van der Waals surface area contributed by atoms with E-state index < -0.39 is 40.9 Å². The first-order chi connectivity index (χ1) is 12.8. The Hall–Kier alpha value is -3.01. The van der Waals surface area contributed by atoms with Gasteiger partial charge in [-0.1, -0.05) is 0 Å². The van der Waals surface area contributed by atoms with Crippen molar-refractivity contribution in [2.45, 2.75) is 25.0 Å². The van der Waals surface area contributed by atoms with Crippen molar-refractivity contribution in [2.75, 3.05) is 20.8 Å². The number of nitrogens with zero attached hydrogens (tertiary/aromatic N) is 1. The van der Waals surface area contributed by atoms with Crippen molar-refractivity contribution in [1.29, 1.82) is 0 Å². The number of nitrogens with one attached hydrogen (secondary N) is 1. The zero-order valence-corrected chi connectivity index (χ0v) is 14.9. The molecule has 1 aromatic rings. The predicted molar refractivity (Wildman–Crippen MR) is 90.8 cm³/mol. The van der Waals surface area contributed by atoms with Gasteiger partial charge in [-0.2, -0.15) is 0 Å². The topological polar surface area (TPSA) is 134 Å². The van der Waals surface area contributed by atoms with Crippen LogP contribution in [0.15, 0.2) is 24.3 Å². The summed E-state index contributed by atoms with van der Waals surface area (Å²) in [6, 6.07) is 5.13. The molecule has 1 heterocycles. The van der Waals surface area contributed by atoms with Gasteiger partial charge in [-0.3, -0.25) is 19.7 Å². The number of carbonyl (C=O) groups is 3. The van der Waals surface area contributed by atoms with Gasteiger partial charge in [0.2, 0.25) is 0 Å². The van der Waals surface area contributed by atoms with E-state index in [0.29, 0.717) is 0 Å². The van der Waals surface area contributed by atoms with E-state index in [2.05, 4.69) is 10.1 Å². The van der Waals surface area contributed by atoms with E-state index in [1.54, 1.807) is 0 Å². The molecule has 146 valence electrons. The first kappa shape index (κ1) is 20.3. The van der Waals surface area contributed by atoms with Gasteiger partial charge in [0.05, 0.1) is 31.2 Å². The summed E-state index contributed by atoms with van der Waals surface area (Å²) in [7, 11) is 2.48. The van der Waals surface area contributed by atoms with Crippen LogP contribution in [0.1, 0.15) is 23.2 Å². The first-order valence-electron chi connectivity index (χ1n) is 8.19. The summed E-state index contributed by atoms with van der Waals surface area (Å²) in [5.41, 5.74) is 0.120. The normalized spacial score (nSPS) is 21.8. The molecule has 1 aliphatic heterocycles. The molecule has 1 aromatic carbocycles. The lowest BCUT2D eigenvalue weighted by atomic mass is 9.91. The van der Waals surface area contributed by atoms with Crippen LogP contribution in [-0.2, 0) is 23.8 Å². The van der Waals surface area contributed by atoms with Crippen molar-refractivity contribution in [2.24, 2.45) is 5.92 Å². The minimum atomic E-state index is -0.922. The molecule has 0 radical (unpaired) electrons. The van der Waals surface area contributed by atoms with Crippen molar-refractivity contribution in [1.82, 2.24) is 5.32 Å². The largest absolute Gasteiger partial charge is 0.469 e. The molecule has 27 heavy (non-hydrogen) atoms.